The highest BCUT2D eigenvalue weighted by molar-refractivity contribution is 7.90. The highest BCUT2D eigenvalue weighted by Gasteiger charge is 2.30. The molecular formula is C26H22F3NO2S. The van der Waals surface area contributed by atoms with Gasteiger partial charge in [-0.25, -0.2) is 8.42 Å². The van der Waals surface area contributed by atoms with Crippen LogP contribution in [0.25, 0.3) is 22.0 Å². The van der Waals surface area contributed by atoms with Gasteiger partial charge in [0.05, 0.1) is 27.4 Å². The van der Waals surface area contributed by atoms with Gasteiger partial charge < -0.3 is 0 Å². The van der Waals surface area contributed by atoms with Gasteiger partial charge >= 0.3 is 6.18 Å². The molecule has 0 saturated carbocycles. The summed E-state index contributed by atoms with van der Waals surface area (Å²) in [5, 5.41) is 0.716. The predicted octanol–water partition coefficient (Wildman–Crippen LogP) is 6.82. The van der Waals surface area contributed by atoms with Gasteiger partial charge in [0.2, 0.25) is 0 Å². The number of nitrogens with zero attached hydrogens (tertiary/aromatic N) is 1. The second-order valence-corrected chi connectivity index (χ2v) is 10.2. The molecular weight excluding hydrogens is 447 g/mol. The summed E-state index contributed by atoms with van der Waals surface area (Å²) in [6.45, 7) is 5.50. The third-order valence-electron chi connectivity index (χ3n) is 5.52. The lowest BCUT2D eigenvalue weighted by Crippen LogP contribution is -2.10. The van der Waals surface area contributed by atoms with Gasteiger partial charge in [0.1, 0.15) is 0 Å². The highest BCUT2D eigenvalue weighted by Crippen LogP contribution is 2.33. The second-order valence-electron chi connectivity index (χ2n) is 8.28. The largest absolute Gasteiger partial charge is 0.416 e. The van der Waals surface area contributed by atoms with Gasteiger partial charge in [0.15, 0.2) is 9.84 Å². The summed E-state index contributed by atoms with van der Waals surface area (Å²) in [6, 6.07) is 17.4. The zero-order valence-corrected chi connectivity index (χ0v) is 19.2. The third kappa shape index (κ3) is 4.78. The monoisotopic (exact) mass is 469 g/mol. The zero-order chi connectivity index (χ0) is 24.0. The first-order valence-electron chi connectivity index (χ1n) is 10.3. The Morgan fingerprint density at radius 3 is 2.15 bits per heavy atom. The minimum Gasteiger partial charge on any atom is -0.252 e. The standard InChI is InChI=1S/C26H22F3NO2S/c1-16-11-17(2)25(18(3)12-16)33(31,32)15-23-9-7-21-13-20(8-10-24(21)30-23)19-5-4-6-22(14-19)26(27,28)29/h4-14H,15H2,1-3H3. The number of hydrogen-bond acceptors (Lipinski definition) is 3. The first-order chi connectivity index (χ1) is 15.4. The molecule has 0 aliphatic rings. The maximum Gasteiger partial charge on any atom is 0.416 e. The molecule has 1 aromatic heterocycles. The average molecular weight is 470 g/mol. The van der Waals surface area contributed by atoms with Crippen molar-refractivity contribution in [1.82, 2.24) is 4.98 Å². The quantitative estimate of drug-likeness (QED) is 0.329. The number of rotatable bonds is 4. The molecule has 3 nitrogen and oxygen atoms in total. The molecule has 3 aromatic carbocycles. The fraction of sp³-hybridized carbons (Fsp3) is 0.192. The van der Waals surface area contributed by atoms with Crippen LogP contribution in [0.5, 0.6) is 0 Å². The number of fused-ring (bicyclic) bond motifs is 1. The molecule has 0 aliphatic carbocycles. The Morgan fingerprint density at radius 2 is 1.48 bits per heavy atom. The molecule has 4 rings (SSSR count). The molecule has 4 aromatic rings. The molecule has 0 radical (unpaired) electrons. The molecule has 170 valence electrons. The Balaban J connectivity index is 1.67. The van der Waals surface area contributed by atoms with E-state index in [-0.39, 0.29) is 5.75 Å². The number of alkyl halides is 3. The maximum absolute atomic E-state index is 13.1. The normalized spacial score (nSPS) is 12.3. The van der Waals surface area contributed by atoms with Crippen molar-refractivity contribution >= 4 is 20.7 Å². The van der Waals surface area contributed by atoms with Crippen LogP contribution in [0.3, 0.4) is 0 Å². The highest BCUT2D eigenvalue weighted by atomic mass is 32.2. The summed E-state index contributed by atoms with van der Waals surface area (Å²) in [5.41, 5.74) is 3.78. The van der Waals surface area contributed by atoms with Gasteiger partial charge in [-0.05, 0) is 73.4 Å². The van der Waals surface area contributed by atoms with Crippen molar-refractivity contribution in [3.63, 3.8) is 0 Å². The predicted molar refractivity (Wildman–Crippen MR) is 124 cm³/mol. The lowest BCUT2D eigenvalue weighted by atomic mass is 10.0. The number of aryl methyl sites for hydroxylation is 3. The van der Waals surface area contributed by atoms with Gasteiger partial charge in [0.25, 0.3) is 0 Å². The molecule has 7 heteroatoms. The van der Waals surface area contributed by atoms with Gasteiger partial charge in [-0.2, -0.15) is 13.2 Å². The fourth-order valence-electron chi connectivity index (χ4n) is 4.23. The van der Waals surface area contributed by atoms with E-state index in [0.717, 1.165) is 17.7 Å². The van der Waals surface area contributed by atoms with E-state index in [0.29, 0.717) is 43.7 Å². The topological polar surface area (TPSA) is 47.0 Å². The van der Waals surface area contributed by atoms with E-state index in [4.69, 9.17) is 0 Å². The number of hydrogen-bond donors (Lipinski definition) is 0. The summed E-state index contributed by atoms with van der Waals surface area (Å²) < 4.78 is 65.4. The Hall–Kier alpha value is -3.19. The Bertz CT molecular complexity index is 1450. The van der Waals surface area contributed by atoms with Gasteiger partial charge in [-0.1, -0.05) is 42.0 Å². The summed E-state index contributed by atoms with van der Waals surface area (Å²) in [5.74, 6) is -0.233. The van der Waals surface area contributed by atoms with Crippen LogP contribution in [0.1, 0.15) is 27.9 Å². The molecule has 0 unspecified atom stereocenters. The van der Waals surface area contributed by atoms with Crippen LogP contribution in [0, 0.1) is 20.8 Å². The smallest absolute Gasteiger partial charge is 0.252 e. The molecule has 0 amide bonds. The summed E-state index contributed by atoms with van der Waals surface area (Å²) in [6.07, 6.45) is -4.41. The van der Waals surface area contributed by atoms with E-state index in [9.17, 15) is 21.6 Å². The average Bonchev–Trinajstić information content (AvgIpc) is 2.71. The van der Waals surface area contributed by atoms with Crippen LogP contribution in [-0.4, -0.2) is 13.4 Å². The van der Waals surface area contributed by atoms with Crippen LogP contribution >= 0.6 is 0 Å². The van der Waals surface area contributed by atoms with Crippen LogP contribution in [-0.2, 0) is 21.8 Å². The van der Waals surface area contributed by atoms with Crippen molar-refractivity contribution in [3.8, 4) is 11.1 Å². The molecule has 0 bridgehead atoms. The van der Waals surface area contributed by atoms with E-state index < -0.39 is 21.6 Å². The van der Waals surface area contributed by atoms with Crippen molar-refractivity contribution in [2.45, 2.75) is 37.6 Å². The fourth-order valence-corrected chi connectivity index (χ4v) is 6.02. The van der Waals surface area contributed by atoms with Crippen molar-refractivity contribution in [2.24, 2.45) is 0 Å². The minimum atomic E-state index is -4.41. The summed E-state index contributed by atoms with van der Waals surface area (Å²) in [7, 11) is -3.60. The van der Waals surface area contributed by atoms with Gasteiger partial charge in [-0.15, -0.1) is 0 Å². The molecule has 1 heterocycles. The van der Waals surface area contributed by atoms with Crippen LogP contribution in [0.15, 0.2) is 71.6 Å². The molecule has 0 atom stereocenters. The van der Waals surface area contributed by atoms with Crippen LogP contribution in [0.4, 0.5) is 13.2 Å². The Labute approximate surface area is 190 Å². The minimum absolute atomic E-state index is 0.233. The molecule has 0 N–H and O–H groups in total. The number of benzene rings is 3. The lowest BCUT2D eigenvalue weighted by molar-refractivity contribution is -0.137. The van der Waals surface area contributed by atoms with Crippen molar-refractivity contribution < 1.29 is 21.6 Å². The van der Waals surface area contributed by atoms with E-state index in [1.54, 1.807) is 50.2 Å². The lowest BCUT2D eigenvalue weighted by Gasteiger charge is -2.13. The number of pyridine rings is 1. The maximum atomic E-state index is 13.1. The zero-order valence-electron chi connectivity index (χ0n) is 18.4. The first-order valence-corrected chi connectivity index (χ1v) is 12.0. The molecule has 0 saturated heterocycles. The van der Waals surface area contributed by atoms with Crippen molar-refractivity contribution in [1.29, 1.82) is 0 Å². The van der Waals surface area contributed by atoms with Crippen LogP contribution in [0.2, 0.25) is 0 Å². The summed E-state index contributed by atoms with van der Waals surface area (Å²) in [4.78, 5) is 4.82. The van der Waals surface area contributed by atoms with E-state index >= 15 is 0 Å². The number of aromatic nitrogens is 1. The van der Waals surface area contributed by atoms with E-state index in [1.807, 2.05) is 19.1 Å². The SMILES string of the molecule is Cc1cc(C)c(S(=O)(=O)Cc2ccc3cc(-c4cccc(C(F)(F)F)c4)ccc3n2)c(C)c1. The number of sulfone groups is 1. The summed E-state index contributed by atoms with van der Waals surface area (Å²) >= 11 is 0. The van der Waals surface area contributed by atoms with E-state index in [1.165, 1.54) is 6.07 Å². The Kier molecular flexibility index (Phi) is 5.78. The molecule has 0 spiro atoms. The van der Waals surface area contributed by atoms with Gasteiger partial charge in [-0.3, -0.25) is 4.98 Å². The third-order valence-corrected chi connectivity index (χ3v) is 7.47. The Morgan fingerprint density at radius 1 is 0.818 bits per heavy atom. The number of halogens is 3. The first kappa shape index (κ1) is 23.0. The van der Waals surface area contributed by atoms with Crippen LogP contribution < -0.4 is 0 Å². The second kappa shape index (κ2) is 8.30. The molecule has 0 aliphatic heterocycles. The molecule has 0 fully saturated rings. The molecule has 33 heavy (non-hydrogen) atoms. The van der Waals surface area contributed by atoms with Gasteiger partial charge in [0, 0.05) is 5.39 Å². The van der Waals surface area contributed by atoms with E-state index in [2.05, 4.69) is 4.98 Å². The van der Waals surface area contributed by atoms with Crippen molar-refractivity contribution in [3.05, 3.63) is 94.7 Å². The van der Waals surface area contributed by atoms with Crippen molar-refractivity contribution in [2.75, 3.05) is 0 Å².